The third-order valence-corrected chi connectivity index (χ3v) is 1.98. The molecule has 2 N–H and O–H groups in total. The lowest BCUT2D eigenvalue weighted by atomic mass is 10.2. The Morgan fingerprint density at radius 1 is 1.42 bits per heavy atom. The third kappa shape index (κ3) is 1.98. The van der Waals surface area contributed by atoms with Gasteiger partial charge in [0.15, 0.2) is 5.84 Å². The maximum Gasteiger partial charge on any atom is 0.172 e. The van der Waals surface area contributed by atoms with Crippen LogP contribution in [0.15, 0.2) is 33.9 Å². The highest BCUT2D eigenvalue weighted by Crippen LogP contribution is 2.10. The van der Waals surface area contributed by atoms with Crippen molar-refractivity contribution in [3.8, 4) is 0 Å². The van der Waals surface area contributed by atoms with E-state index in [2.05, 4.69) is 26.4 Å². The molecule has 0 radical (unpaired) electrons. The number of nitrogens with one attached hydrogen (secondary N) is 1. The molecule has 0 bridgehead atoms. The number of benzene rings is 1. The highest BCUT2D eigenvalue weighted by atomic mass is 79.9. The van der Waals surface area contributed by atoms with Crippen LogP contribution < -0.4 is 5.32 Å². The summed E-state index contributed by atoms with van der Waals surface area (Å²) in [6.07, 6.45) is 0. The van der Waals surface area contributed by atoms with Crippen molar-refractivity contribution in [2.45, 2.75) is 0 Å². The summed E-state index contributed by atoms with van der Waals surface area (Å²) in [5, 5.41) is 14.4. The Kier molecular flexibility index (Phi) is 3.10. The molecule has 3 nitrogen and oxygen atoms in total. The van der Waals surface area contributed by atoms with Crippen molar-refractivity contribution in [1.82, 2.24) is 5.32 Å². The number of hydrogen-bond acceptors (Lipinski definition) is 2. The normalized spacial score (nSPS) is 11.3. The summed E-state index contributed by atoms with van der Waals surface area (Å²) in [6.45, 7) is 0. The van der Waals surface area contributed by atoms with Crippen molar-refractivity contribution in [2.24, 2.45) is 5.16 Å². The molecule has 0 atom stereocenters. The van der Waals surface area contributed by atoms with Crippen LogP contribution in [-0.4, -0.2) is 18.1 Å². The zero-order valence-electron chi connectivity index (χ0n) is 6.58. The molecule has 1 rings (SSSR count). The average molecular weight is 229 g/mol. The molecule has 0 aromatic heterocycles. The van der Waals surface area contributed by atoms with Crippen LogP contribution in [0.25, 0.3) is 0 Å². The van der Waals surface area contributed by atoms with Gasteiger partial charge < -0.3 is 10.5 Å². The third-order valence-electron chi connectivity index (χ3n) is 1.45. The summed E-state index contributed by atoms with van der Waals surface area (Å²) in [5.41, 5.74) is 0.850. The maximum atomic E-state index is 8.56. The Hall–Kier alpha value is -1.03. The molecule has 0 heterocycles. The molecular weight excluding hydrogens is 220 g/mol. The zero-order chi connectivity index (χ0) is 8.97. The van der Waals surface area contributed by atoms with Crippen molar-refractivity contribution in [3.05, 3.63) is 34.3 Å². The second-order valence-corrected chi connectivity index (χ2v) is 3.12. The first-order chi connectivity index (χ1) is 5.77. The van der Waals surface area contributed by atoms with Gasteiger partial charge in [-0.05, 0) is 12.1 Å². The summed E-state index contributed by atoms with van der Waals surface area (Å²) in [7, 11) is 1.71. The van der Waals surface area contributed by atoms with Crippen LogP contribution in [0.5, 0.6) is 0 Å². The van der Waals surface area contributed by atoms with Gasteiger partial charge in [0.1, 0.15) is 0 Å². The number of oxime groups is 1. The molecule has 4 heteroatoms. The molecule has 0 aliphatic carbocycles. The van der Waals surface area contributed by atoms with Crippen LogP contribution >= 0.6 is 15.9 Å². The first-order valence-corrected chi connectivity index (χ1v) is 4.23. The van der Waals surface area contributed by atoms with Gasteiger partial charge >= 0.3 is 0 Å². The monoisotopic (exact) mass is 228 g/mol. The van der Waals surface area contributed by atoms with E-state index >= 15 is 0 Å². The summed E-state index contributed by atoms with van der Waals surface area (Å²) in [5.74, 6) is 0.461. The smallest absolute Gasteiger partial charge is 0.172 e. The maximum absolute atomic E-state index is 8.56. The quantitative estimate of drug-likeness (QED) is 0.334. The predicted molar refractivity (Wildman–Crippen MR) is 51.5 cm³/mol. The molecule has 1 aromatic carbocycles. The van der Waals surface area contributed by atoms with E-state index in [1.54, 1.807) is 7.05 Å². The molecule has 0 aliphatic rings. The van der Waals surface area contributed by atoms with Crippen molar-refractivity contribution in [2.75, 3.05) is 7.05 Å². The summed E-state index contributed by atoms with van der Waals surface area (Å²) in [6, 6.07) is 7.49. The topological polar surface area (TPSA) is 44.6 Å². The number of rotatable bonds is 1. The van der Waals surface area contributed by atoms with Gasteiger partial charge in [-0.2, -0.15) is 0 Å². The number of amidine groups is 1. The number of halogens is 1. The number of hydrogen-bond donors (Lipinski definition) is 2. The molecule has 0 fully saturated rings. The molecule has 0 spiro atoms. The van der Waals surface area contributed by atoms with Crippen molar-refractivity contribution >= 4 is 21.8 Å². The lowest BCUT2D eigenvalue weighted by Gasteiger charge is -2.02. The standard InChI is InChI=1S/C8H9BrN2O/c1-10-8(11-12)6-2-4-7(9)5-3-6/h2-5,12H,1H3,(H,10,11). The van der Waals surface area contributed by atoms with Gasteiger partial charge in [-0.3, -0.25) is 0 Å². The number of nitrogens with zero attached hydrogens (tertiary/aromatic N) is 1. The summed E-state index contributed by atoms with van der Waals surface area (Å²) in [4.78, 5) is 0. The molecule has 0 amide bonds. The van der Waals surface area contributed by atoms with Crippen LogP contribution in [0.1, 0.15) is 5.56 Å². The molecule has 0 saturated carbocycles. The van der Waals surface area contributed by atoms with Crippen LogP contribution in [0.4, 0.5) is 0 Å². The Balaban J connectivity index is 2.96. The molecule has 64 valence electrons. The Labute approximate surface area is 79.2 Å². The lowest BCUT2D eigenvalue weighted by molar-refractivity contribution is 0.317. The van der Waals surface area contributed by atoms with E-state index in [0.29, 0.717) is 5.84 Å². The summed E-state index contributed by atoms with van der Waals surface area (Å²) >= 11 is 3.32. The second-order valence-electron chi connectivity index (χ2n) is 2.21. The van der Waals surface area contributed by atoms with Gasteiger partial charge in [-0.1, -0.05) is 33.2 Å². The first-order valence-electron chi connectivity index (χ1n) is 3.43. The SMILES string of the molecule is CNC(=NO)c1ccc(Br)cc1. The highest BCUT2D eigenvalue weighted by Gasteiger charge is 1.99. The fraction of sp³-hybridized carbons (Fsp3) is 0.125. The zero-order valence-corrected chi connectivity index (χ0v) is 8.17. The van der Waals surface area contributed by atoms with Crippen LogP contribution in [0.2, 0.25) is 0 Å². The van der Waals surface area contributed by atoms with Gasteiger partial charge in [0.05, 0.1) is 0 Å². The second kappa shape index (κ2) is 4.11. The van der Waals surface area contributed by atoms with E-state index in [1.807, 2.05) is 24.3 Å². The minimum absolute atomic E-state index is 0.461. The summed E-state index contributed by atoms with van der Waals surface area (Å²) < 4.78 is 1.000. The Morgan fingerprint density at radius 2 is 2.00 bits per heavy atom. The molecule has 1 aromatic rings. The van der Waals surface area contributed by atoms with Crippen LogP contribution in [-0.2, 0) is 0 Å². The molecule has 0 aliphatic heterocycles. The fourth-order valence-electron chi connectivity index (χ4n) is 0.860. The Bertz CT molecular complexity index is 282. The largest absolute Gasteiger partial charge is 0.409 e. The molecule has 0 unspecified atom stereocenters. The predicted octanol–water partition coefficient (Wildman–Crippen LogP) is 1.80. The van der Waals surface area contributed by atoms with E-state index in [9.17, 15) is 0 Å². The first kappa shape index (κ1) is 9.06. The van der Waals surface area contributed by atoms with Crippen LogP contribution in [0, 0.1) is 0 Å². The van der Waals surface area contributed by atoms with E-state index < -0.39 is 0 Å². The van der Waals surface area contributed by atoms with Crippen molar-refractivity contribution < 1.29 is 5.21 Å². The minimum atomic E-state index is 0.461. The van der Waals surface area contributed by atoms with E-state index in [-0.39, 0.29) is 0 Å². The van der Waals surface area contributed by atoms with Crippen LogP contribution in [0.3, 0.4) is 0 Å². The Morgan fingerprint density at radius 3 is 2.42 bits per heavy atom. The van der Waals surface area contributed by atoms with Gasteiger partial charge in [0.2, 0.25) is 0 Å². The van der Waals surface area contributed by atoms with Crippen molar-refractivity contribution in [1.29, 1.82) is 0 Å². The van der Waals surface area contributed by atoms with E-state index in [1.165, 1.54) is 0 Å². The molecule has 12 heavy (non-hydrogen) atoms. The molecule has 0 saturated heterocycles. The highest BCUT2D eigenvalue weighted by molar-refractivity contribution is 9.10. The fourth-order valence-corrected chi connectivity index (χ4v) is 1.12. The van der Waals surface area contributed by atoms with E-state index in [0.717, 1.165) is 10.0 Å². The van der Waals surface area contributed by atoms with Gasteiger partial charge in [0.25, 0.3) is 0 Å². The lowest BCUT2D eigenvalue weighted by Crippen LogP contribution is -2.19. The van der Waals surface area contributed by atoms with E-state index in [4.69, 9.17) is 5.21 Å². The van der Waals surface area contributed by atoms with Gasteiger partial charge in [-0.15, -0.1) is 0 Å². The van der Waals surface area contributed by atoms with Gasteiger partial charge in [0, 0.05) is 17.1 Å². The minimum Gasteiger partial charge on any atom is -0.409 e. The van der Waals surface area contributed by atoms with Crippen molar-refractivity contribution in [3.63, 3.8) is 0 Å². The average Bonchev–Trinajstić information content (AvgIpc) is 2.10. The van der Waals surface area contributed by atoms with Gasteiger partial charge in [-0.25, -0.2) is 0 Å². The molecular formula is C8H9BrN2O.